The molecule has 0 spiro atoms. The zero-order valence-electron chi connectivity index (χ0n) is 12.5. The largest absolute Gasteiger partial charge is 0.353 e. The van der Waals surface area contributed by atoms with Gasteiger partial charge in [0, 0.05) is 6.20 Å². The van der Waals surface area contributed by atoms with Gasteiger partial charge in [0.25, 0.3) is 5.91 Å². The standard InChI is InChI=1S/C18H13Cl2N3O/c19-14-5-1-3-7-16(14)22-13-9-12(10-21-11-13)18(24)23-17-8-4-2-6-15(17)20/h1-11,22H,(H,23,24). The van der Waals surface area contributed by atoms with Crippen molar-refractivity contribution in [3.63, 3.8) is 0 Å². The molecule has 0 aliphatic carbocycles. The summed E-state index contributed by atoms with van der Waals surface area (Å²) >= 11 is 12.2. The second kappa shape index (κ2) is 7.34. The Bertz CT molecular complexity index is 883. The number of amides is 1. The van der Waals surface area contributed by atoms with Crippen LogP contribution in [0.25, 0.3) is 0 Å². The molecule has 0 saturated carbocycles. The van der Waals surface area contributed by atoms with Crippen molar-refractivity contribution in [3.05, 3.63) is 82.6 Å². The van der Waals surface area contributed by atoms with Gasteiger partial charge in [0.2, 0.25) is 0 Å². The minimum absolute atomic E-state index is 0.293. The molecule has 1 aromatic heterocycles. The highest BCUT2D eigenvalue weighted by atomic mass is 35.5. The van der Waals surface area contributed by atoms with Crippen LogP contribution in [0.4, 0.5) is 17.1 Å². The van der Waals surface area contributed by atoms with Crippen LogP contribution in [0, 0.1) is 0 Å². The molecule has 0 radical (unpaired) electrons. The Kier molecular flexibility index (Phi) is 4.99. The Morgan fingerprint density at radius 3 is 2.17 bits per heavy atom. The van der Waals surface area contributed by atoms with Crippen LogP contribution in [0.3, 0.4) is 0 Å². The maximum atomic E-state index is 12.4. The van der Waals surface area contributed by atoms with Crippen LogP contribution in [0.2, 0.25) is 10.0 Å². The van der Waals surface area contributed by atoms with E-state index in [9.17, 15) is 4.79 Å². The van der Waals surface area contributed by atoms with Gasteiger partial charge in [-0.05, 0) is 30.3 Å². The van der Waals surface area contributed by atoms with Crippen LogP contribution in [0.1, 0.15) is 10.4 Å². The van der Waals surface area contributed by atoms with Crippen LogP contribution >= 0.6 is 23.2 Å². The lowest BCUT2D eigenvalue weighted by atomic mass is 10.2. The molecule has 1 heterocycles. The summed E-state index contributed by atoms with van der Waals surface area (Å²) in [5, 5.41) is 6.97. The fraction of sp³-hybridized carbons (Fsp3) is 0. The molecule has 0 fully saturated rings. The molecule has 2 N–H and O–H groups in total. The summed E-state index contributed by atoms with van der Waals surface area (Å²) in [5.41, 5.74) is 2.36. The summed E-state index contributed by atoms with van der Waals surface area (Å²) in [5.74, 6) is -0.293. The molecule has 0 unspecified atom stereocenters. The Morgan fingerprint density at radius 1 is 0.875 bits per heavy atom. The molecule has 3 aromatic rings. The quantitative estimate of drug-likeness (QED) is 0.658. The minimum atomic E-state index is -0.293. The van der Waals surface area contributed by atoms with E-state index in [1.807, 2.05) is 18.2 Å². The molecule has 0 aliphatic heterocycles. The van der Waals surface area contributed by atoms with Crippen LogP contribution in [-0.4, -0.2) is 10.9 Å². The van der Waals surface area contributed by atoms with E-state index in [1.165, 1.54) is 6.20 Å². The zero-order chi connectivity index (χ0) is 16.9. The van der Waals surface area contributed by atoms with Crippen molar-refractivity contribution >= 4 is 46.2 Å². The Hall–Kier alpha value is -2.56. The number of rotatable bonds is 4. The molecule has 3 rings (SSSR count). The van der Waals surface area contributed by atoms with Gasteiger partial charge in [-0.2, -0.15) is 0 Å². The average molecular weight is 358 g/mol. The minimum Gasteiger partial charge on any atom is -0.353 e. The summed E-state index contributed by atoms with van der Waals surface area (Å²) < 4.78 is 0. The van der Waals surface area contributed by atoms with Gasteiger partial charge in [0.15, 0.2) is 0 Å². The second-order valence-electron chi connectivity index (χ2n) is 5.00. The lowest BCUT2D eigenvalue weighted by Gasteiger charge is -2.10. The first kappa shape index (κ1) is 16.3. The first-order chi connectivity index (χ1) is 11.6. The molecule has 1 amide bonds. The number of nitrogens with zero attached hydrogens (tertiary/aromatic N) is 1. The normalized spacial score (nSPS) is 10.2. The van der Waals surface area contributed by atoms with Crippen molar-refractivity contribution in [2.45, 2.75) is 0 Å². The fourth-order valence-electron chi connectivity index (χ4n) is 2.11. The molecular weight excluding hydrogens is 345 g/mol. The topological polar surface area (TPSA) is 54.0 Å². The van der Waals surface area contributed by atoms with Crippen LogP contribution < -0.4 is 10.6 Å². The van der Waals surface area contributed by atoms with Gasteiger partial charge in [-0.15, -0.1) is 0 Å². The van der Waals surface area contributed by atoms with Gasteiger partial charge in [-0.1, -0.05) is 47.5 Å². The third-order valence-corrected chi connectivity index (χ3v) is 3.93. The average Bonchev–Trinajstić information content (AvgIpc) is 2.59. The first-order valence-electron chi connectivity index (χ1n) is 7.16. The van der Waals surface area contributed by atoms with Crippen molar-refractivity contribution < 1.29 is 4.79 Å². The van der Waals surface area contributed by atoms with Gasteiger partial charge in [0.05, 0.1) is 38.9 Å². The molecule has 120 valence electrons. The van der Waals surface area contributed by atoms with E-state index >= 15 is 0 Å². The molecule has 4 nitrogen and oxygen atoms in total. The number of hydrogen-bond acceptors (Lipinski definition) is 3. The van der Waals surface area contributed by atoms with Crippen molar-refractivity contribution in [1.29, 1.82) is 0 Å². The number of aromatic nitrogens is 1. The van der Waals surface area contributed by atoms with Crippen LogP contribution in [0.5, 0.6) is 0 Å². The maximum Gasteiger partial charge on any atom is 0.257 e. The number of anilines is 3. The van der Waals surface area contributed by atoms with E-state index in [4.69, 9.17) is 23.2 Å². The summed E-state index contributed by atoms with van der Waals surface area (Å²) in [6.07, 6.45) is 3.11. The number of benzene rings is 2. The predicted molar refractivity (Wildman–Crippen MR) is 98.4 cm³/mol. The Labute approximate surface area is 149 Å². The number of carbonyl (C=O) groups excluding carboxylic acids is 1. The molecule has 2 aromatic carbocycles. The molecule has 0 aliphatic rings. The smallest absolute Gasteiger partial charge is 0.257 e. The monoisotopic (exact) mass is 357 g/mol. The number of nitrogens with one attached hydrogen (secondary N) is 2. The molecule has 0 saturated heterocycles. The number of halogens is 2. The number of pyridine rings is 1. The van der Waals surface area contributed by atoms with Gasteiger partial charge >= 0.3 is 0 Å². The summed E-state index contributed by atoms with van der Waals surface area (Å²) in [6.45, 7) is 0. The van der Waals surface area contributed by atoms with Crippen molar-refractivity contribution in [3.8, 4) is 0 Å². The van der Waals surface area contributed by atoms with E-state index in [1.54, 1.807) is 42.6 Å². The van der Waals surface area contributed by atoms with E-state index in [2.05, 4.69) is 15.6 Å². The molecule has 6 heteroatoms. The predicted octanol–water partition coefficient (Wildman–Crippen LogP) is 5.38. The van der Waals surface area contributed by atoms with Crippen molar-refractivity contribution in [2.75, 3.05) is 10.6 Å². The summed E-state index contributed by atoms with van der Waals surface area (Å²) in [6, 6.07) is 16.1. The van der Waals surface area contributed by atoms with Gasteiger partial charge in [0.1, 0.15) is 0 Å². The lowest BCUT2D eigenvalue weighted by molar-refractivity contribution is 0.102. The van der Waals surface area contributed by atoms with Gasteiger partial charge < -0.3 is 10.6 Å². The van der Waals surface area contributed by atoms with E-state index < -0.39 is 0 Å². The Morgan fingerprint density at radius 2 is 1.50 bits per heavy atom. The first-order valence-corrected chi connectivity index (χ1v) is 7.91. The lowest BCUT2D eigenvalue weighted by Crippen LogP contribution is -2.12. The Balaban J connectivity index is 1.79. The van der Waals surface area contributed by atoms with Crippen LogP contribution in [-0.2, 0) is 0 Å². The summed E-state index contributed by atoms with van der Waals surface area (Å²) in [7, 11) is 0. The van der Waals surface area contributed by atoms with Gasteiger partial charge in [-0.3, -0.25) is 9.78 Å². The molecular formula is C18H13Cl2N3O. The molecule has 24 heavy (non-hydrogen) atoms. The van der Waals surface area contributed by atoms with E-state index in [-0.39, 0.29) is 5.91 Å². The van der Waals surface area contributed by atoms with Gasteiger partial charge in [-0.25, -0.2) is 0 Å². The van der Waals surface area contributed by atoms with Crippen LogP contribution in [0.15, 0.2) is 67.0 Å². The second-order valence-corrected chi connectivity index (χ2v) is 5.82. The molecule has 0 bridgehead atoms. The van der Waals surface area contributed by atoms with E-state index in [0.717, 1.165) is 5.69 Å². The highest BCUT2D eigenvalue weighted by molar-refractivity contribution is 6.34. The van der Waals surface area contributed by atoms with Crippen molar-refractivity contribution in [1.82, 2.24) is 4.98 Å². The third-order valence-electron chi connectivity index (χ3n) is 3.28. The zero-order valence-corrected chi connectivity index (χ0v) is 14.0. The summed E-state index contributed by atoms with van der Waals surface area (Å²) in [4.78, 5) is 16.5. The number of para-hydroxylation sites is 2. The SMILES string of the molecule is O=C(Nc1ccccc1Cl)c1cncc(Nc2ccccc2Cl)c1. The number of carbonyl (C=O) groups is 1. The van der Waals surface area contributed by atoms with E-state index in [0.29, 0.717) is 27.0 Å². The maximum absolute atomic E-state index is 12.4. The fourth-order valence-corrected chi connectivity index (χ4v) is 2.47. The number of hydrogen-bond donors (Lipinski definition) is 2. The third kappa shape index (κ3) is 3.85. The highest BCUT2D eigenvalue weighted by Crippen LogP contribution is 2.25. The highest BCUT2D eigenvalue weighted by Gasteiger charge is 2.10. The molecule has 0 atom stereocenters. The van der Waals surface area contributed by atoms with Crippen molar-refractivity contribution in [2.24, 2.45) is 0 Å².